The van der Waals surface area contributed by atoms with E-state index < -0.39 is 15.7 Å². The van der Waals surface area contributed by atoms with Gasteiger partial charge in [0, 0.05) is 4.47 Å². The number of sulfone groups is 1. The monoisotopic (exact) mass is 314 g/mol. The molecule has 0 radical (unpaired) electrons. The minimum Gasteiger partial charge on any atom is -0.218 e. The highest BCUT2D eigenvalue weighted by Gasteiger charge is 2.20. The largest absolute Gasteiger partial charge is 0.218 e. The van der Waals surface area contributed by atoms with Crippen molar-refractivity contribution in [2.45, 2.75) is 9.79 Å². The molecule has 0 aliphatic rings. The fourth-order valence-electron chi connectivity index (χ4n) is 1.42. The first-order chi connectivity index (χ1) is 8.01. The first-order valence-electron chi connectivity index (χ1n) is 4.77. The molecule has 0 aromatic heterocycles. The van der Waals surface area contributed by atoms with Crippen LogP contribution in [0.2, 0.25) is 0 Å². The average molecular weight is 315 g/mol. The molecule has 0 spiro atoms. The molecule has 2 aromatic carbocycles. The fraction of sp³-hybridized carbons (Fsp3) is 0. The van der Waals surface area contributed by atoms with Gasteiger partial charge in [-0.1, -0.05) is 18.2 Å². The Morgan fingerprint density at radius 1 is 1.00 bits per heavy atom. The lowest BCUT2D eigenvalue weighted by atomic mass is 10.3. The molecule has 0 saturated carbocycles. The van der Waals surface area contributed by atoms with Gasteiger partial charge >= 0.3 is 0 Å². The van der Waals surface area contributed by atoms with Crippen LogP contribution < -0.4 is 0 Å². The molecule has 0 N–H and O–H groups in total. The first-order valence-corrected chi connectivity index (χ1v) is 7.04. The van der Waals surface area contributed by atoms with Crippen LogP contribution in [0.25, 0.3) is 0 Å². The van der Waals surface area contributed by atoms with Crippen molar-refractivity contribution in [3.8, 4) is 0 Å². The fourth-order valence-corrected chi connectivity index (χ4v) is 3.71. The summed E-state index contributed by atoms with van der Waals surface area (Å²) in [5, 5.41) is 0. The van der Waals surface area contributed by atoms with E-state index >= 15 is 0 Å². The average Bonchev–Trinajstić information content (AvgIpc) is 2.29. The van der Waals surface area contributed by atoms with Crippen molar-refractivity contribution in [3.05, 3.63) is 58.8 Å². The SMILES string of the molecule is O=S(=O)(c1cccc(F)c1)c1ccccc1Br. The van der Waals surface area contributed by atoms with Gasteiger partial charge in [-0.15, -0.1) is 0 Å². The summed E-state index contributed by atoms with van der Waals surface area (Å²) in [5.41, 5.74) is 0. The maximum absolute atomic E-state index is 13.0. The van der Waals surface area contributed by atoms with Crippen LogP contribution in [0.3, 0.4) is 0 Å². The number of hydrogen-bond donors (Lipinski definition) is 0. The third kappa shape index (κ3) is 2.40. The molecular formula is C12H8BrFO2S. The van der Waals surface area contributed by atoms with Crippen LogP contribution in [0, 0.1) is 5.82 Å². The van der Waals surface area contributed by atoms with Crippen molar-refractivity contribution >= 4 is 25.8 Å². The standard InChI is InChI=1S/C12H8BrFO2S/c13-11-6-1-2-7-12(11)17(15,16)10-5-3-4-9(14)8-10/h1-8H. The maximum Gasteiger partial charge on any atom is 0.207 e. The molecule has 0 fully saturated rings. The zero-order valence-corrected chi connectivity index (χ0v) is 11.0. The Kier molecular flexibility index (Phi) is 3.31. The van der Waals surface area contributed by atoms with E-state index in [1.165, 1.54) is 24.3 Å². The molecule has 0 aliphatic heterocycles. The third-order valence-corrected chi connectivity index (χ3v) is 5.00. The molecule has 0 unspecified atom stereocenters. The smallest absolute Gasteiger partial charge is 0.207 e. The molecule has 17 heavy (non-hydrogen) atoms. The third-order valence-electron chi connectivity index (χ3n) is 2.23. The van der Waals surface area contributed by atoms with Gasteiger partial charge in [-0.3, -0.25) is 0 Å². The minimum atomic E-state index is -3.68. The lowest BCUT2D eigenvalue weighted by molar-refractivity contribution is 0.590. The van der Waals surface area contributed by atoms with E-state index in [4.69, 9.17) is 0 Å². The van der Waals surface area contributed by atoms with E-state index in [1.54, 1.807) is 18.2 Å². The second-order valence-corrected chi connectivity index (χ2v) is 6.16. The topological polar surface area (TPSA) is 34.1 Å². The van der Waals surface area contributed by atoms with E-state index in [1.807, 2.05) is 0 Å². The van der Waals surface area contributed by atoms with Crippen LogP contribution >= 0.6 is 15.9 Å². The molecule has 2 rings (SSSR count). The summed E-state index contributed by atoms with van der Waals surface area (Å²) in [7, 11) is -3.68. The second-order valence-electron chi connectivity index (χ2n) is 3.39. The highest BCUT2D eigenvalue weighted by Crippen LogP contribution is 2.27. The van der Waals surface area contributed by atoms with Crippen LogP contribution in [-0.2, 0) is 9.84 Å². The molecule has 5 heteroatoms. The van der Waals surface area contributed by atoms with Crippen molar-refractivity contribution in [3.63, 3.8) is 0 Å². The summed E-state index contributed by atoms with van der Waals surface area (Å²) < 4.78 is 37.9. The highest BCUT2D eigenvalue weighted by molar-refractivity contribution is 9.10. The van der Waals surface area contributed by atoms with Crippen molar-refractivity contribution in [2.75, 3.05) is 0 Å². The van der Waals surface area contributed by atoms with Crippen LogP contribution in [0.5, 0.6) is 0 Å². The summed E-state index contributed by atoms with van der Waals surface area (Å²) in [6.45, 7) is 0. The van der Waals surface area contributed by atoms with Gasteiger partial charge in [0.15, 0.2) is 0 Å². The molecule has 2 aromatic rings. The molecule has 0 bridgehead atoms. The summed E-state index contributed by atoms with van der Waals surface area (Å²) in [6.07, 6.45) is 0. The molecule has 0 heterocycles. The molecule has 0 atom stereocenters. The minimum absolute atomic E-state index is 0.0515. The van der Waals surface area contributed by atoms with Gasteiger partial charge in [0.05, 0.1) is 9.79 Å². The van der Waals surface area contributed by atoms with Gasteiger partial charge in [-0.25, -0.2) is 12.8 Å². The quantitative estimate of drug-likeness (QED) is 0.851. The molecular weight excluding hydrogens is 307 g/mol. The summed E-state index contributed by atoms with van der Waals surface area (Å²) in [4.78, 5) is 0.0787. The zero-order valence-electron chi connectivity index (χ0n) is 8.60. The Hall–Kier alpha value is -1.20. The summed E-state index contributed by atoms with van der Waals surface area (Å²) in [6, 6.07) is 11.4. The van der Waals surface area contributed by atoms with Gasteiger partial charge < -0.3 is 0 Å². The van der Waals surface area contributed by atoms with E-state index in [-0.39, 0.29) is 9.79 Å². The van der Waals surface area contributed by atoms with Gasteiger partial charge in [0.1, 0.15) is 5.82 Å². The van der Waals surface area contributed by atoms with Crippen molar-refractivity contribution in [1.29, 1.82) is 0 Å². The summed E-state index contributed by atoms with van der Waals surface area (Å²) >= 11 is 3.17. The summed E-state index contributed by atoms with van der Waals surface area (Å²) in [5.74, 6) is -0.571. The van der Waals surface area contributed by atoms with E-state index in [0.717, 1.165) is 6.07 Å². The lowest BCUT2D eigenvalue weighted by Crippen LogP contribution is -2.03. The first kappa shape index (κ1) is 12.3. The van der Waals surface area contributed by atoms with Crippen LogP contribution in [0.15, 0.2) is 62.8 Å². The zero-order chi connectivity index (χ0) is 12.5. The molecule has 0 amide bonds. The Morgan fingerprint density at radius 3 is 2.35 bits per heavy atom. The van der Waals surface area contributed by atoms with Gasteiger partial charge in [-0.05, 0) is 46.3 Å². The predicted octanol–water partition coefficient (Wildman–Crippen LogP) is 3.42. The van der Waals surface area contributed by atoms with Crippen LogP contribution in [0.1, 0.15) is 0 Å². The van der Waals surface area contributed by atoms with Crippen molar-refractivity contribution in [2.24, 2.45) is 0 Å². The number of rotatable bonds is 2. The van der Waals surface area contributed by atoms with Gasteiger partial charge in [0.25, 0.3) is 0 Å². The van der Waals surface area contributed by atoms with E-state index in [0.29, 0.717) is 4.47 Å². The molecule has 0 aliphatic carbocycles. The number of benzene rings is 2. The Morgan fingerprint density at radius 2 is 1.71 bits per heavy atom. The maximum atomic E-state index is 13.0. The predicted molar refractivity (Wildman–Crippen MR) is 66.0 cm³/mol. The Bertz CT molecular complexity index is 653. The number of halogens is 2. The van der Waals surface area contributed by atoms with Crippen LogP contribution in [-0.4, -0.2) is 8.42 Å². The molecule has 2 nitrogen and oxygen atoms in total. The second kappa shape index (κ2) is 4.58. The van der Waals surface area contributed by atoms with Crippen molar-refractivity contribution in [1.82, 2.24) is 0 Å². The Labute approximate surface area is 107 Å². The van der Waals surface area contributed by atoms with Gasteiger partial charge in [-0.2, -0.15) is 0 Å². The van der Waals surface area contributed by atoms with Crippen LogP contribution in [0.4, 0.5) is 4.39 Å². The molecule has 88 valence electrons. The lowest BCUT2D eigenvalue weighted by Gasteiger charge is -2.06. The number of hydrogen-bond acceptors (Lipinski definition) is 2. The van der Waals surface area contributed by atoms with E-state index in [9.17, 15) is 12.8 Å². The highest BCUT2D eigenvalue weighted by atomic mass is 79.9. The van der Waals surface area contributed by atoms with Gasteiger partial charge in [0.2, 0.25) is 9.84 Å². The normalized spacial score (nSPS) is 11.4. The van der Waals surface area contributed by atoms with E-state index in [2.05, 4.69) is 15.9 Å². The molecule has 0 saturated heterocycles. The van der Waals surface area contributed by atoms with Crippen molar-refractivity contribution < 1.29 is 12.8 Å². The Balaban J connectivity index is 2.63.